The minimum absolute atomic E-state index is 0.0135. The molecule has 0 saturated carbocycles. The predicted octanol–water partition coefficient (Wildman–Crippen LogP) is 1.01. The van der Waals surface area contributed by atoms with E-state index in [0.717, 1.165) is 0 Å². The molecule has 1 aliphatic heterocycles. The largest absolute Gasteiger partial charge is 0.465 e. The average molecular weight is 255 g/mol. The Labute approximate surface area is 107 Å². The number of ketones is 1. The fourth-order valence-electron chi connectivity index (χ4n) is 1.96. The second-order valence-corrected chi connectivity index (χ2v) is 5.54. The topological polar surface area (TPSA) is 63.7 Å². The Morgan fingerprint density at radius 2 is 2.00 bits per heavy atom. The van der Waals surface area contributed by atoms with Crippen LogP contribution in [0.4, 0.5) is 0 Å². The van der Waals surface area contributed by atoms with Crippen molar-refractivity contribution in [1.29, 1.82) is 0 Å². The van der Waals surface area contributed by atoms with Crippen molar-refractivity contribution in [3.8, 4) is 0 Å². The molecular formula is C13H21NO4. The van der Waals surface area contributed by atoms with Crippen molar-refractivity contribution >= 4 is 17.7 Å². The van der Waals surface area contributed by atoms with E-state index < -0.39 is 17.3 Å². The molecule has 0 aromatic rings. The zero-order valence-corrected chi connectivity index (χ0v) is 11.5. The summed E-state index contributed by atoms with van der Waals surface area (Å²) >= 11 is 0. The summed E-state index contributed by atoms with van der Waals surface area (Å²) in [5.74, 6) is -1.45. The lowest BCUT2D eigenvalue weighted by atomic mass is 9.90. The van der Waals surface area contributed by atoms with Crippen molar-refractivity contribution in [2.45, 2.75) is 34.1 Å². The molecule has 1 fully saturated rings. The van der Waals surface area contributed by atoms with Gasteiger partial charge in [0.1, 0.15) is 5.92 Å². The van der Waals surface area contributed by atoms with E-state index in [1.165, 1.54) is 4.90 Å². The maximum atomic E-state index is 12.0. The van der Waals surface area contributed by atoms with Crippen LogP contribution < -0.4 is 0 Å². The van der Waals surface area contributed by atoms with Crippen LogP contribution in [-0.2, 0) is 19.1 Å². The van der Waals surface area contributed by atoms with E-state index in [0.29, 0.717) is 13.0 Å². The van der Waals surface area contributed by atoms with Gasteiger partial charge in [0.25, 0.3) is 0 Å². The third kappa shape index (κ3) is 3.31. The predicted molar refractivity (Wildman–Crippen MR) is 65.8 cm³/mol. The van der Waals surface area contributed by atoms with Crippen LogP contribution in [-0.4, -0.2) is 42.3 Å². The van der Waals surface area contributed by atoms with Crippen molar-refractivity contribution in [1.82, 2.24) is 4.90 Å². The first-order valence-electron chi connectivity index (χ1n) is 6.26. The zero-order chi connectivity index (χ0) is 13.9. The number of hydrogen-bond donors (Lipinski definition) is 0. The molecule has 0 spiro atoms. The van der Waals surface area contributed by atoms with Crippen LogP contribution in [0.5, 0.6) is 0 Å². The Morgan fingerprint density at radius 3 is 2.44 bits per heavy atom. The molecule has 0 aromatic carbocycles. The molecule has 0 bridgehead atoms. The molecular weight excluding hydrogens is 234 g/mol. The van der Waals surface area contributed by atoms with E-state index in [-0.39, 0.29) is 24.8 Å². The van der Waals surface area contributed by atoms with Gasteiger partial charge in [0.2, 0.25) is 5.91 Å². The van der Waals surface area contributed by atoms with Gasteiger partial charge in [-0.3, -0.25) is 14.4 Å². The standard InChI is InChI=1S/C13H21NO4/c1-5-18-11(16)9-6-7-14(8-10(9)15)12(17)13(2,3)4/h9H,5-8H2,1-4H3. The lowest BCUT2D eigenvalue weighted by Crippen LogP contribution is -2.50. The zero-order valence-electron chi connectivity index (χ0n) is 11.5. The van der Waals surface area contributed by atoms with Crippen molar-refractivity contribution in [3.05, 3.63) is 0 Å². The second-order valence-electron chi connectivity index (χ2n) is 5.54. The lowest BCUT2D eigenvalue weighted by Gasteiger charge is -2.34. The third-order valence-electron chi connectivity index (χ3n) is 2.92. The molecule has 102 valence electrons. The highest BCUT2D eigenvalue weighted by Gasteiger charge is 2.37. The first-order valence-corrected chi connectivity index (χ1v) is 6.26. The number of piperidine rings is 1. The minimum Gasteiger partial charge on any atom is -0.465 e. The van der Waals surface area contributed by atoms with Gasteiger partial charge >= 0.3 is 5.97 Å². The highest BCUT2D eigenvalue weighted by atomic mass is 16.5. The van der Waals surface area contributed by atoms with E-state index in [9.17, 15) is 14.4 Å². The number of likely N-dealkylation sites (tertiary alicyclic amines) is 1. The number of nitrogens with zero attached hydrogens (tertiary/aromatic N) is 1. The molecule has 0 aromatic heterocycles. The fourth-order valence-corrected chi connectivity index (χ4v) is 1.96. The molecule has 0 N–H and O–H groups in total. The number of hydrogen-bond acceptors (Lipinski definition) is 4. The molecule has 1 rings (SSSR count). The van der Waals surface area contributed by atoms with Crippen LogP contribution in [0.3, 0.4) is 0 Å². The van der Waals surface area contributed by atoms with Gasteiger partial charge < -0.3 is 9.64 Å². The minimum atomic E-state index is -0.700. The van der Waals surface area contributed by atoms with Gasteiger partial charge in [-0.1, -0.05) is 20.8 Å². The molecule has 18 heavy (non-hydrogen) atoms. The number of esters is 1. The van der Waals surface area contributed by atoms with Crippen molar-refractivity contribution < 1.29 is 19.1 Å². The number of rotatable bonds is 2. The fraction of sp³-hybridized carbons (Fsp3) is 0.769. The Bertz CT molecular complexity index is 356. The molecule has 1 saturated heterocycles. The summed E-state index contributed by atoms with van der Waals surface area (Å²) in [5, 5.41) is 0. The van der Waals surface area contributed by atoms with Crippen LogP contribution in [0.2, 0.25) is 0 Å². The van der Waals surface area contributed by atoms with Crippen LogP contribution in [0.25, 0.3) is 0 Å². The van der Waals surface area contributed by atoms with E-state index >= 15 is 0 Å². The summed E-state index contributed by atoms with van der Waals surface area (Å²) < 4.78 is 4.85. The highest BCUT2D eigenvalue weighted by molar-refractivity contribution is 6.02. The van der Waals surface area contributed by atoms with Crippen molar-refractivity contribution in [3.63, 3.8) is 0 Å². The highest BCUT2D eigenvalue weighted by Crippen LogP contribution is 2.22. The SMILES string of the molecule is CCOC(=O)C1CCN(C(=O)C(C)(C)C)CC1=O. The van der Waals surface area contributed by atoms with E-state index in [4.69, 9.17) is 4.74 Å². The quantitative estimate of drug-likeness (QED) is 0.546. The maximum Gasteiger partial charge on any atom is 0.316 e. The molecule has 1 aliphatic rings. The van der Waals surface area contributed by atoms with Crippen LogP contribution >= 0.6 is 0 Å². The van der Waals surface area contributed by atoms with Gasteiger partial charge in [0, 0.05) is 12.0 Å². The summed E-state index contributed by atoms with van der Waals surface area (Å²) in [7, 11) is 0. The molecule has 0 aliphatic carbocycles. The summed E-state index contributed by atoms with van der Waals surface area (Å²) in [4.78, 5) is 36.9. The normalized spacial score (nSPS) is 20.8. The van der Waals surface area contributed by atoms with Crippen LogP contribution in [0.15, 0.2) is 0 Å². The van der Waals surface area contributed by atoms with E-state index in [1.807, 2.05) is 20.8 Å². The monoisotopic (exact) mass is 255 g/mol. The number of carbonyl (C=O) groups excluding carboxylic acids is 3. The number of amides is 1. The summed E-state index contributed by atoms with van der Waals surface area (Å²) in [5.41, 5.74) is -0.503. The lowest BCUT2D eigenvalue weighted by molar-refractivity contribution is -0.157. The first-order chi connectivity index (χ1) is 8.27. The van der Waals surface area contributed by atoms with Gasteiger partial charge in [-0.2, -0.15) is 0 Å². The molecule has 1 heterocycles. The number of ether oxygens (including phenoxy) is 1. The maximum absolute atomic E-state index is 12.0. The van der Waals surface area contributed by atoms with Crippen molar-refractivity contribution in [2.24, 2.45) is 11.3 Å². The molecule has 1 amide bonds. The number of Topliss-reactive ketones (excluding diaryl/α,β-unsaturated/α-hetero) is 1. The molecule has 5 heteroatoms. The van der Waals surface area contributed by atoms with Gasteiger partial charge in [-0.15, -0.1) is 0 Å². The first kappa shape index (κ1) is 14.7. The molecule has 1 unspecified atom stereocenters. The Balaban J connectivity index is 2.64. The van der Waals surface area contributed by atoms with Gasteiger partial charge in [0.05, 0.1) is 13.2 Å². The van der Waals surface area contributed by atoms with E-state index in [1.54, 1.807) is 6.92 Å². The van der Waals surface area contributed by atoms with Gasteiger partial charge in [-0.05, 0) is 13.3 Å². The summed E-state index contributed by atoms with van der Waals surface area (Å²) in [6.07, 6.45) is 0.361. The molecule has 1 atom stereocenters. The van der Waals surface area contributed by atoms with Gasteiger partial charge in [-0.25, -0.2) is 0 Å². The van der Waals surface area contributed by atoms with E-state index in [2.05, 4.69) is 0 Å². The smallest absolute Gasteiger partial charge is 0.316 e. The van der Waals surface area contributed by atoms with Crippen molar-refractivity contribution in [2.75, 3.05) is 19.7 Å². The number of carbonyl (C=O) groups is 3. The Morgan fingerprint density at radius 1 is 1.39 bits per heavy atom. The van der Waals surface area contributed by atoms with Gasteiger partial charge in [0.15, 0.2) is 5.78 Å². The summed E-state index contributed by atoms with van der Waals surface area (Å²) in [6, 6.07) is 0. The third-order valence-corrected chi connectivity index (χ3v) is 2.92. The molecule has 0 radical (unpaired) electrons. The summed E-state index contributed by atoms with van der Waals surface area (Å²) in [6.45, 7) is 7.88. The van der Waals surface area contributed by atoms with Crippen LogP contribution in [0, 0.1) is 11.3 Å². The average Bonchev–Trinajstić information content (AvgIpc) is 2.26. The van der Waals surface area contributed by atoms with Crippen LogP contribution in [0.1, 0.15) is 34.1 Å². The Kier molecular flexibility index (Phi) is 4.48. The molecule has 5 nitrogen and oxygen atoms in total. The second kappa shape index (κ2) is 5.50. The Hall–Kier alpha value is -1.39.